The minimum absolute atomic E-state index is 0.131. The molecule has 2 aromatic rings. The van der Waals surface area contributed by atoms with Crippen LogP contribution in [0.5, 0.6) is 0 Å². The first-order valence-corrected chi connectivity index (χ1v) is 4.74. The molecule has 2 rings (SSSR count). The third-order valence-electron chi connectivity index (χ3n) is 1.90. The van der Waals surface area contributed by atoms with Gasteiger partial charge in [0.15, 0.2) is 5.69 Å². The highest BCUT2D eigenvalue weighted by Gasteiger charge is 2.15. The first-order valence-electron chi connectivity index (χ1n) is 3.86. The van der Waals surface area contributed by atoms with Crippen molar-refractivity contribution < 1.29 is 4.79 Å². The van der Waals surface area contributed by atoms with Crippen molar-refractivity contribution in [1.82, 2.24) is 15.1 Å². The maximum Gasteiger partial charge on any atom is 0.273 e. The van der Waals surface area contributed by atoms with Crippen LogP contribution < -0.4 is 5.32 Å². The first kappa shape index (κ1) is 8.25. The number of thiophene rings is 1. The zero-order valence-corrected chi connectivity index (χ0v) is 8.18. The van der Waals surface area contributed by atoms with Gasteiger partial charge in [-0.2, -0.15) is 5.10 Å². The highest BCUT2D eigenvalue weighted by molar-refractivity contribution is 7.17. The monoisotopic (exact) mass is 195 g/mol. The van der Waals surface area contributed by atoms with Crippen LogP contribution in [0.15, 0.2) is 11.4 Å². The number of aromatic nitrogens is 2. The Morgan fingerprint density at radius 1 is 1.69 bits per heavy atom. The number of rotatable bonds is 1. The molecule has 5 heteroatoms. The predicted molar refractivity (Wildman–Crippen MR) is 52.0 cm³/mol. The second kappa shape index (κ2) is 2.85. The molecule has 2 aromatic heterocycles. The van der Waals surface area contributed by atoms with Crippen LogP contribution in [0, 0.1) is 0 Å². The fourth-order valence-electron chi connectivity index (χ4n) is 1.25. The van der Waals surface area contributed by atoms with E-state index in [1.165, 1.54) is 11.3 Å². The van der Waals surface area contributed by atoms with E-state index in [9.17, 15) is 4.79 Å². The van der Waals surface area contributed by atoms with Crippen LogP contribution in [0.25, 0.3) is 10.2 Å². The largest absolute Gasteiger partial charge is 0.354 e. The number of hydrogen-bond acceptors (Lipinski definition) is 3. The highest BCUT2D eigenvalue weighted by Crippen LogP contribution is 2.23. The summed E-state index contributed by atoms with van der Waals surface area (Å²) in [6.07, 6.45) is 0. The van der Waals surface area contributed by atoms with E-state index in [0.29, 0.717) is 5.69 Å². The van der Waals surface area contributed by atoms with Crippen molar-refractivity contribution >= 4 is 27.5 Å². The van der Waals surface area contributed by atoms with E-state index in [2.05, 4.69) is 10.4 Å². The summed E-state index contributed by atoms with van der Waals surface area (Å²) < 4.78 is 2.66. The quantitative estimate of drug-likeness (QED) is 0.737. The lowest BCUT2D eigenvalue weighted by molar-refractivity contribution is 0.0959. The zero-order valence-electron chi connectivity index (χ0n) is 7.37. The molecule has 0 bridgehead atoms. The third kappa shape index (κ3) is 1.12. The molecule has 1 amide bonds. The van der Waals surface area contributed by atoms with E-state index in [1.54, 1.807) is 11.7 Å². The molecule has 4 nitrogen and oxygen atoms in total. The molecule has 13 heavy (non-hydrogen) atoms. The Kier molecular flexibility index (Phi) is 1.81. The fourth-order valence-corrected chi connectivity index (χ4v) is 2.15. The predicted octanol–water partition coefficient (Wildman–Crippen LogP) is 0.994. The number of aryl methyl sites for hydroxylation is 1. The van der Waals surface area contributed by atoms with Crippen molar-refractivity contribution in [2.24, 2.45) is 7.05 Å². The van der Waals surface area contributed by atoms with Crippen molar-refractivity contribution in [3.63, 3.8) is 0 Å². The summed E-state index contributed by atoms with van der Waals surface area (Å²) in [6.45, 7) is 0. The number of nitrogens with zero attached hydrogens (tertiary/aromatic N) is 2. The zero-order chi connectivity index (χ0) is 9.42. The first-order chi connectivity index (χ1) is 6.24. The van der Waals surface area contributed by atoms with Crippen LogP contribution in [-0.2, 0) is 7.05 Å². The molecule has 0 atom stereocenters. The minimum atomic E-state index is -0.131. The molecule has 68 valence electrons. The average molecular weight is 195 g/mol. The topological polar surface area (TPSA) is 46.9 Å². The van der Waals surface area contributed by atoms with Crippen molar-refractivity contribution in [3.8, 4) is 0 Å². The van der Waals surface area contributed by atoms with Gasteiger partial charge >= 0.3 is 0 Å². The molecule has 0 unspecified atom stereocenters. The van der Waals surface area contributed by atoms with Gasteiger partial charge < -0.3 is 5.32 Å². The van der Waals surface area contributed by atoms with Crippen molar-refractivity contribution in [3.05, 3.63) is 17.1 Å². The van der Waals surface area contributed by atoms with Gasteiger partial charge in [-0.15, -0.1) is 11.3 Å². The highest BCUT2D eigenvalue weighted by atomic mass is 32.1. The molecule has 0 spiro atoms. The number of carbonyl (C=O) groups is 1. The van der Waals surface area contributed by atoms with Crippen LogP contribution in [0.4, 0.5) is 0 Å². The Morgan fingerprint density at radius 3 is 3.15 bits per heavy atom. The summed E-state index contributed by atoms with van der Waals surface area (Å²) >= 11 is 1.53. The molecule has 0 saturated carbocycles. The van der Waals surface area contributed by atoms with Crippen LogP contribution in [0.1, 0.15) is 10.5 Å². The van der Waals surface area contributed by atoms with Gasteiger partial charge in [-0.25, -0.2) is 0 Å². The molecule has 0 fully saturated rings. The lowest BCUT2D eigenvalue weighted by Gasteiger charge is -1.92. The molecule has 0 aliphatic heterocycles. The molecule has 0 aliphatic carbocycles. The minimum Gasteiger partial charge on any atom is -0.354 e. The number of amides is 1. The average Bonchev–Trinajstić information content (AvgIpc) is 2.68. The SMILES string of the molecule is CNC(=O)c1nn(C)c2ccsc12. The third-order valence-corrected chi connectivity index (χ3v) is 2.81. The van der Waals surface area contributed by atoms with Crippen LogP contribution in [0.2, 0.25) is 0 Å². The Balaban J connectivity index is 2.68. The van der Waals surface area contributed by atoms with Gasteiger partial charge in [0.05, 0.1) is 10.2 Å². The number of fused-ring (bicyclic) bond motifs is 1. The van der Waals surface area contributed by atoms with Gasteiger partial charge in [-0.3, -0.25) is 9.48 Å². The van der Waals surface area contributed by atoms with Gasteiger partial charge in [0.2, 0.25) is 0 Å². The van der Waals surface area contributed by atoms with Crippen molar-refractivity contribution in [1.29, 1.82) is 0 Å². The molecule has 0 aliphatic rings. The molecular weight excluding hydrogens is 186 g/mol. The lowest BCUT2D eigenvalue weighted by atomic mass is 10.4. The number of nitrogens with one attached hydrogen (secondary N) is 1. The van der Waals surface area contributed by atoms with Crippen molar-refractivity contribution in [2.45, 2.75) is 0 Å². The number of carbonyl (C=O) groups excluding carboxylic acids is 1. The summed E-state index contributed by atoms with van der Waals surface area (Å²) in [6, 6.07) is 1.96. The van der Waals surface area contributed by atoms with E-state index in [4.69, 9.17) is 0 Å². The van der Waals surface area contributed by atoms with E-state index < -0.39 is 0 Å². The van der Waals surface area contributed by atoms with Gasteiger partial charge in [0.1, 0.15) is 0 Å². The Labute approximate surface area is 79.2 Å². The molecule has 0 aromatic carbocycles. The summed E-state index contributed by atoms with van der Waals surface area (Å²) in [5, 5.41) is 8.66. The Bertz CT molecular complexity index is 457. The maximum absolute atomic E-state index is 11.4. The summed E-state index contributed by atoms with van der Waals surface area (Å²) in [4.78, 5) is 11.4. The van der Waals surface area contributed by atoms with Gasteiger partial charge in [-0.05, 0) is 11.4 Å². The van der Waals surface area contributed by atoms with Crippen molar-refractivity contribution in [2.75, 3.05) is 7.05 Å². The molecule has 0 radical (unpaired) electrons. The standard InChI is InChI=1S/C8H9N3OS/c1-9-8(12)6-7-5(3-4-13-7)11(2)10-6/h3-4H,1-2H3,(H,9,12). The van der Waals surface area contributed by atoms with E-state index in [-0.39, 0.29) is 5.91 Å². The number of hydrogen-bond donors (Lipinski definition) is 1. The Morgan fingerprint density at radius 2 is 2.46 bits per heavy atom. The second-order valence-corrected chi connectivity index (χ2v) is 3.60. The van der Waals surface area contributed by atoms with Gasteiger partial charge in [0.25, 0.3) is 5.91 Å². The van der Waals surface area contributed by atoms with Crippen LogP contribution in [-0.4, -0.2) is 22.7 Å². The molecule has 1 N–H and O–H groups in total. The maximum atomic E-state index is 11.4. The Hall–Kier alpha value is -1.36. The fraction of sp³-hybridized carbons (Fsp3) is 0.250. The second-order valence-electron chi connectivity index (χ2n) is 2.69. The van der Waals surface area contributed by atoms with E-state index >= 15 is 0 Å². The molecule has 0 saturated heterocycles. The summed E-state index contributed by atoms with van der Waals surface area (Å²) in [5.41, 5.74) is 1.51. The normalized spacial score (nSPS) is 10.6. The van der Waals surface area contributed by atoms with Gasteiger partial charge in [-0.1, -0.05) is 0 Å². The van der Waals surface area contributed by atoms with E-state index in [0.717, 1.165) is 10.2 Å². The van der Waals surface area contributed by atoms with Crippen LogP contribution >= 0.6 is 11.3 Å². The van der Waals surface area contributed by atoms with E-state index in [1.807, 2.05) is 18.5 Å². The molecular formula is C8H9N3OS. The smallest absolute Gasteiger partial charge is 0.273 e. The van der Waals surface area contributed by atoms with Crippen LogP contribution in [0.3, 0.4) is 0 Å². The summed E-state index contributed by atoms with van der Waals surface area (Å²) in [5.74, 6) is -0.131. The summed E-state index contributed by atoms with van der Waals surface area (Å²) in [7, 11) is 3.44. The molecule has 2 heterocycles. The lowest BCUT2D eigenvalue weighted by Crippen LogP contribution is -2.18. The van der Waals surface area contributed by atoms with Gasteiger partial charge in [0, 0.05) is 14.1 Å².